The van der Waals surface area contributed by atoms with E-state index in [1.165, 1.54) is 5.56 Å². The van der Waals surface area contributed by atoms with E-state index in [1.807, 2.05) is 24.3 Å². The lowest BCUT2D eigenvalue weighted by Crippen LogP contribution is -2.24. The Labute approximate surface area is 97.4 Å². The van der Waals surface area contributed by atoms with Crippen LogP contribution in [0.3, 0.4) is 0 Å². The smallest absolute Gasteiger partial charge is 0.119 e. The number of aliphatic hydroxyl groups excluding tert-OH is 1. The van der Waals surface area contributed by atoms with Crippen molar-refractivity contribution in [3.63, 3.8) is 0 Å². The van der Waals surface area contributed by atoms with Crippen LogP contribution in [0.15, 0.2) is 24.3 Å². The number of rotatable bonds is 7. The van der Waals surface area contributed by atoms with E-state index in [2.05, 4.69) is 19.2 Å². The van der Waals surface area contributed by atoms with Crippen molar-refractivity contribution in [2.45, 2.75) is 32.9 Å². The Balaban J connectivity index is 2.38. The average Bonchev–Trinajstić information content (AvgIpc) is 2.34. The molecule has 90 valence electrons. The fraction of sp³-hybridized carbons (Fsp3) is 0.538. The van der Waals surface area contributed by atoms with E-state index >= 15 is 0 Å². The number of benzene rings is 1. The first-order valence-electron chi connectivity index (χ1n) is 5.82. The number of nitrogens with one attached hydrogen (secondary N) is 1. The van der Waals surface area contributed by atoms with Crippen LogP contribution in [0, 0.1) is 0 Å². The van der Waals surface area contributed by atoms with Crippen molar-refractivity contribution in [3.8, 4) is 5.75 Å². The Morgan fingerprint density at radius 1 is 1.31 bits per heavy atom. The maximum atomic E-state index is 8.62. The molecule has 1 atom stereocenters. The molecule has 0 radical (unpaired) electrons. The minimum Gasteiger partial charge on any atom is -0.491 e. The fourth-order valence-corrected chi connectivity index (χ4v) is 1.30. The summed E-state index contributed by atoms with van der Waals surface area (Å²) in [6.45, 7) is 5.64. The molecule has 0 fully saturated rings. The lowest BCUT2D eigenvalue weighted by atomic mass is 10.2. The molecule has 16 heavy (non-hydrogen) atoms. The van der Waals surface area contributed by atoms with Crippen LogP contribution in [0.1, 0.15) is 25.8 Å². The SMILES string of the molecule is CCC(C)NCc1ccc(OCCO)cc1. The minimum absolute atomic E-state index is 0.0529. The zero-order valence-corrected chi connectivity index (χ0v) is 10.1. The van der Waals surface area contributed by atoms with Crippen LogP contribution in [0.5, 0.6) is 5.75 Å². The highest BCUT2D eigenvalue weighted by molar-refractivity contribution is 5.27. The second kappa shape index (κ2) is 7.25. The summed E-state index contributed by atoms with van der Waals surface area (Å²) in [5.41, 5.74) is 1.25. The van der Waals surface area contributed by atoms with Gasteiger partial charge in [0.05, 0.1) is 6.61 Å². The number of hydrogen-bond donors (Lipinski definition) is 2. The molecule has 1 aromatic rings. The van der Waals surface area contributed by atoms with Crippen molar-refractivity contribution in [2.24, 2.45) is 0 Å². The minimum atomic E-state index is 0.0529. The van der Waals surface area contributed by atoms with Crippen molar-refractivity contribution in [1.29, 1.82) is 0 Å². The zero-order chi connectivity index (χ0) is 11.8. The molecule has 1 aromatic carbocycles. The van der Waals surface area contributed by atoms with Gasteiger partial charge in [0, 0.05) is 12.6 Å². The van der Waals surface area contributed by atoms with E-state index in [0.29, 0.717) is 12.6 Å². The van der Waals surface area contributed by atoms with Gasteiger partial charge in [-0.05, 0) is 31.0 Å². The van der Waals surface area contributed by atoms with Gasteiger partial charge >= 0.3 is 0 Å². The van der Waals surface area contributed by atoms with E-state index < -0.39 is 0 Å². The van der Waals surface area contributed by atoms with Crippen molar-refractivity contribution < 1.29 is 9.84 Å². The molecule has 0 spiro atoms. The van der Waals surface area contributed by atoms with Crippen molar-refractivity contribution >= 4 is 0 Å². The van der Waals surface area contributed by atoms with Crippen LogP contribution in [0.25, 0.3) is 0 Å². The maximum Gasteiger partial charge on any atom is 0.119 e. The highest BCUT2D eigenvalue weighted by Gasteiger charge is 1.98. The highest BCUT2D eigenvalue weighted by Crippen LogP contribution is 2.12. The standard InChI is InChI=1S/C13H21NO2/c1-3-11(2)14-10-12-4-6-13(7-5-12)16-9-8-15/h4-7,11,14-15H,3,8-10H2,1-2H3. The van der Waals surface area contributed by atoms with Crippen LogP contribution in [-0.2, 0) is 6.54 Å². The summed E-state index contributed by atoms with van der Waals surface area (Å²) in [6.07, 6.45) is 1.14. The van der Waals surface area contributed by atoms with E-state index in [4.69, 9.17) is 9.84 Å². The lowest BCUT2D eigenvalue weighted by molar-refractivity contribution is 0.201. The maximum absolute atomic E-state index is 8.62. The molecule has 0 saturated carbocycles. The molecule has 0 aliphatic heterocycles. The second-order valence-electron chi connectivity index (χ2n) is 3.91. The van der Waals surface area contributed by atoms with Crippen LogP contribution in [-0.4, -0.2) is 24.4 Å². The quantitative estimate of drug-likeness (QED) is 0.742. The Bertz CT molecular complexity index is 284. The summed E-state index contributed by atoms with van der Waals surface area (Å²) in [4.78, 5) is 0. The van der Waals surface area contributed by atoms with E-state index in [-0.39, 0.29) is 6.61 Å². The molecule has 3 heteroatoms. The first-order chi connectivity index (χ1) is 7.76. The van der Waals surface area contributed by atoms with Gasteiger partial charge < -0.3 is 15.2 Å². The highest BCUT2D eigenvalue weighted by atomic mass is 16.5. The molecule has 2 N–H and O–H groups in total. The van der Waals surface area contributed by atoms with E-state index in [9.17, 15) is 0 Å². The van der Waals surface area contributed by atoms with Crippen molar-refractivity contribution in [1.82, 2.24) is 5.32 Å². The van der Waals surface area contributed by atoms with Gasteiger partial charge in [-0.25, -0.2) is 0 Å². The number of ether oxygens (including phenoxy) is 1. The predicted octanol–water partition coefficient (Wildman–Crippen LogP) is 1.95. The van der Waals surface area contributed by atoms with Crippen LogP contribution in [0.4, 0.5) is 0 Å². The van der Waals surface area contributed by atoms with Crippen LogP contribution < -0.4 is 10.1 Å². The molecule has 0 bridgehead atoms. The van der Waals surface area contributed by atoms with Gasteiger partial charge in [-0.2, -0.15) is 0 Å². The van der Waals surface area contributed by atoms with Gasteiger partial charge in [-0.1, -0.05) is 19.1 Å². The third-order valence-corrected chi connectivity index (χ3v) is 2.55. The molecule has 0 saturated heterocycles. The summed E-state index contributed by atoms with van der Waals surface area (Å²) in [6, 6.07) is 8.50. The average molecular weight is 223 g/mol. The van der Waals surface area contributed by atoms with E-state index in [0.717, 1.165) is 18.7 Å². The summed E-state index contributed by atoms with van der Waals surface area (Å²) >= 11 is 0. The third kappa shape index (κ3) is 4.64. The van der Waals surface area contributed by atoms with Crippen LogP contribution >= 0.6 is 0 Å². The second-order valence-corrected chi connectivity index (χ2v) is 3.91. The molecule has 0 heterocycles. The van der Waals surface area contributed by atoms with Crippen LogP contribution in [0.2, 0.25) is 0 Å². The number of aliphatic hydroxyl groups is 1. The summed E-state index contributed by atoms with van der Waals surface area (Å²) < 4.78 is 5.29. The topological polar surface area (TPSA) is 41.5 Å². The third-order valence-electron chi connectivity index (χ3n) is 2.55. The largest absolute Gasteiger partial charge is 0.491 e. The fourth-order valence-electron chi connectivity index (χ4n) is 1.30. The summed E-state index contributed by atoms with van der Waals surface area (Å²) in [5.74, 6) is 0.807. The van der Waals surface area contributed by atoms with Gasteiger partial charge in [0.1, 0.15) is 12.4 Å². The Kier molecular flexibility index (Phi) is 5.90. The summed E-state index contributed by atoms with van der Waals surface area (Å²) in [5, 5.41) is 12.0. The molecular formula is C13H21NO2. The van der Waals surface area contributed by atoms with Crippen molar-refractivity contribution in [3.05, 3.63) is 29.8 Å². The first-order valence-corrected chi connectivity index (χ1v) is 5.82. The molecule has 3 nitrogen and oxygen atoms in total. The molecule has 0 aliphatic rings. The van der Waals surface area contributed by atoms with E-state index in [1.54, 1.807) is 0 Å². The van der Waals surface area contributed by atoms with Crippen molar-refractivity contribution in [2.75, 3.05) is 13.2 Å². The van der Waals surface area contributed by atoms with Gasteiger partial charge in [-0.3, -0.25) is 0 Å². The van der Waals surface area contributed by atoms with Gasteiger partial charge in [0.25, 0.3) is 0 Å². The number of hydrogen-bond acceptors (Lipinski definition) is 3. The first kappa shape index (κ1) is 13.0. The molecule has 1 unspecified atom stereocenters. The molecule has 0 amide bonds. The predicted molar refractivity (Wildman–Crippen MR) is 65.6 cm³/mol. The van der Waals surface area contributed by atoms with Gasteiger partial charge in [-0.15, -0.1) is 0 Å². The normalized spacial score (nSPS) is 12.4. The molecule has 0 aliphatic carbocycles. The molecular weight excluding hydrogens is 202 g/mol. The van der Waals surface area contributed by atoms with Gasteiger partial charge in [0.2, 0.25) is 0 Å². The lowest BCUT2D eigenvalue weighted by Gasteiger charge is -2.11. The Morgan fingerprint density at radius 3 is 2.56 bits per heavy atom. The Morgan fingerprint density at radius 2 is 2.00 bits per heavy atom. The monoisotopic (exact) mass is 223 g/mol. The summed E-state index contributed by atoms with van der Waals surface area (Å²) in [7, 11) is 0. The zero-order valence-electron chi connectivity index (χ0n) is 10.1. The Hall–Kier alpha value is -1.06. The molecule has 0 aromatic heterocycles. The van der Waals surface area contributed by atoms with Gasteiger partial charge in [0.15, 0.2) is 0 Å². The molecule has 1 rings (SSSR count).